The molecule has 0 amide bonds. The van der Waals surface area contributed by atoms with Crippen LogP contribution in [0, 0.1) is 12.8 Å². The second-order valence-corrected chi connectivity index (χ2v) is 5.57. The average Bonchev–Trinajstić information content (AvgIpc) is 2.64. The van der Waals surface area contributed by atoms with Gasteiger partial charge in [-0.1, -0.05) is 6.92 Å². The lowest BCUT2D eigenvalue weighted by molar-refractivity contribution is 0.255. The molecular formula is C14H25N5. The summed E-state index contributed by atoms with van der Waals surface area (Å²) in [5.41, 5.74) is 6.88. The zero-order valence-corrected chi connectivity index (χ0v) is 12.0. The lowest BCUT2D eigenvalue weighted by Gasteiger charge is -2.24. The Morgan fingerprint density at radius 2 is 2.16 bits per heavy atom. The van der Waals surface area contributed by atoms with Crippen LogP contribution in [0.5, 0.6) is 0 Å². The van der Waals surface area contributed by atoms with E-state index >= 15 is 0 Å². The third-order valence-corrected chi connectivity index (χ3v) is 3.66. The van der Waals surface area contributed by atoms with Gasteiger partial charge in [-0.15, -0.1) is 5.10 Å². The van der Waals surface area contributed by atoms with Crippen molar-refractivity contribution in [2.45, 2.75) is 20.3 Å². The molecule has 19 heavy (non-hydrogen) atoms. The molecule has 0 saturated carbocycles. The number of aryl methyl sites for hydroxylation is 1. The highest BCUT2D eigenvalue weighted by Crippen LogP contribution is 2.14. The number of anilines is 1. The fourth-order valence-corrected chi connectivity index (χ4v) is 2.50. The minimum Gasteiger partial charge on any atom is -0.354 e. The normalized spacial score (nSPS) is 19.2. The molecule has 1 aliphatic rings. The zero-order chi connectivity index (χ0) is 13.7. The third-order valence-electron chi connectivity index (χ3n) is 3.66. The lowest BCUT2D eigenvalue weighted by atomic mass is 10.1. The minimum atomic E-state index is 0.574. The first-order valence-corrected chi connectivity index (χ1v) is 7.15. The number of nitrogens with zero attached hydrogens (tertiary/aromatic N) is 4. The smallest absolute Gasteiger partial charge is 0.151 e. The zero-order valence-electron chi connectivity index (χ0n) is 12.0. The number of aromatic nitrogens is 2. The van der Waals surface area contributed by atoms with Crippen LogP contribution in [0.4, 0.5) is 5.82 Å². The number of hydrogen-bond donors (Lipinski definition) is 1. The topological polar surface area (TPSA) is 58.3 Å². The molecule has 1 atom stereocenters. The van der Waals surface area contributed by atoms with Crippen molar-refractivity contribution in [1.82, 2.24) is 15.1 Å². The molecule has 0 spiro atoms. The van der Waals surface area contributed by atoms with Crippen LogP contribution in [-0.2, 0) is 0 Å². The van der Waals surface area contributed by atoms with Gasteiger partial charge in [-0.05, 0) is 44.0 Å². The highest BCUT2D eigenvalue weighted by atomic mass is 15.3. The van der Waals surface area contributed by atoms with E-state index in [1.54, 1.807) is 6.20 Å². The van der Waals surface area contributed by atoms with Crippen molar-refractivity contribution in [2.24, 2.45) is 11.7 Å². The minimum absolute atomic E-state index is 0.574. The van der Waals surface area contributed by atoms with E-state index in [2.05, 4.69) is 39.9 Å². The second-order valence-electron chi connectivity index (χ2n) is 5.57. The van der Waals surface area contributed by atoms with Crippen molar-refractivity contribution in [1.29, 1.82) is 0 Å². The SMILES string of the molecule is Cc1cnnc(N2CCCN(CC(C)CN)CC2)c1. The summed E-state index contributed by atoms with van der Waals surface area (Å²) in [6.07, 6.45) is 2.98. The van der Waals surface area contributed by atoms with Gasteiger partial charge >= 0.3 is 0 Å². The summed E-state index contributed by atoms with van der Waals surface area (Å²) in [5.74, 6) is 1.58. The summed E-state index contributed by atoms with van der Waals surface area (Å²) in [5, 5.41) is 8.29. The molecule has 2 rings (SSSR count). The first-order valence-electron chi connectivity index (χ1n) is 7.15. The Labute approximate surface area is 115 Å². The predicted molar refractivity (Wildman–Crippen MR) is 78.3 cm³/mol. The summed E-state index contributed by atoms with van der Waals surface area (Å²) >= 11 is 0. The summed E-state index contributed by atoms with van der Waals surface area (Å²) < 4.78 is 0. The van der Waals surface area contributed by atoms with Gasteiger partial charge in [-0.25, -0.2) is 0 Å². The fraction of sp³-hybridized carbons (Fsp3) is 0.714. The van der Waals surface area contributed by atoms with Crippen LogP contribution in [-0.4, -0.2) is 54.4 Å². The summed E-state index contributed by atoms with van der Waals surface area (Å²) in [4.78, 5) is 4.86. The van der Waals surface area contributed by atoms with Crippen molar-refractivity contribution in [3.63, 3.8) is 0 Å². The number of nitrogens with two attached hydrogens (primary N) is 1. The fourth-order valence-electron chi connectivity index (χ4n) is 2.50. The summed E-state index contributed by atoms with van der Waals surface area (Å²) in [6.45, 7) is 10.5. The van der Waals surface area contributed by atoms with Crippen LogP contribution >= 0.6 is 0 Å². The van der Waals surface area contributed by atoms with Crippen molar-refractivity contribution < 1.29 is 0 Å². The second kappa shape index (κ2) is 6.82. The third kappa shape index (κ3) is 4.14. The molecule has 0 bridgehead atoms. The van der Waals surface area contributed by atoms with E-state index in [9.17, 15) is 0 Å². The monoisotopic (exact) mass is 263 g/mol. The van der Waals surface area contributed by atoms with Gasteiger partial charge in [-0.2, -0.15) is 5.10 Å². The molecule has 1 aliphatic heterocycles. The van der Waals surface area contributed by atoms with Gasteiger partial charge < -0.3 is 15.5 Å². The molecule has 2 heterocycles. The van der Waals surface area contributed by atoms with Crippen molar-refractivity contribution >= 4 is 5.82 Å². The molecule has 5 heteroatoms. The Bertz CT molecular complexity index is 395. The predicted octanol–water partition coefficient (Wildman–Crippen LogP) is 0.892. The molecule has 2 N–H and O–H groups in total. The summed E-state index contributed by atoms with van der Waals surface area (Å²) in [7, 11) is 0. The molecule has 106 valence electrons. The number of rotatable bonds is 4. The standard InChI is InChI=1S/C14H25N5/c1-12-8-14(17-16-10-12)19-5-3-4-18(6-7-19)11-13(2)9-15/h8,10,13H,3-7,9,11,15H2,1-2H3. The Morgan fingerprint density at radius 3 is 2.89 bits per heavy atom. The Balaban J connectivity index is 1.93. The van der Waals surface area contributed by atoms with Crippen molar-refractivity contribution in [3.05, 3.63) is 17.8 Å². The van der Waals surface area contributed by atoms with Gasteiger partial charge in [0, 0.05) is 26.2 Å². The van der Waals surface area contributed by atoms with Gasteiger partial charge in [0.25, 0.3) is 0 Å². The molecular weight excluding hydrogens is 238 g/mol. The van der Waals surface area contributed by atoms with Crippen LogP contribution in [0.15, 0.2) is 12.3 Å². The molecule has 1 aromatic rings. The molecule has 0 radical (unpaired) electrons. The molecule has 1 unspecified atom stereocenters. The maximum Gasteiger partial charge on any atom is 0.151 e. The lowest BCUT2D eigenvalue weighted by Crippen LogP contribution is -2.35. The molecule has 0 aliphatic carbocycles. The Hall–Kier alpha value is -1.20. The van der Waals surface area contributed by atoms with Gasteiger partial charge in [0.2, 0.25) is 0 Å². The largest absolute Gasteiger partial charge is 0.354 e. The van der Waals surface area contributed by atoms with E-state index in [1.807, 2.05) is 0 Å². The van der Waals surface area contributed by atoms with E-state index in [-0.39, 0.29) is 0 Å². The van der Waals surface area contributed by atoms with Crippen molar-refractivity contribution in [2.75, 3.05) is 44.2 Å². The van der Waals surface area contributed by atoms with Gasteiger partial charge in [0.15, 0.2) is 5.82 Å². The van der Waals surface area contributed by atoms with E-state index in [0.29, 0.717) is 5.92 Å². The highest BCUT2D eigenvalue weighted by Gasteiger charge is 2.17. The maximum atomic E-state index is 5.71. The first-order chi connectivity index (χ1) is 9.19. The van der Waals surface area contributed by atoms with Crippen molar-refractivity contribution in [3.8, 4) is 0 Å². The van der Waals surface area contributed by atoms with Crippen LogP contribution in [0.2, 0.25) is 0 Å². The molecule has 1 saturated heterocycles. The van der Waals surface area contributed by atoms with E-state index in [4.69, 9.17) is 5.73 Å². The average molecular weight is 263 g/mol. The van der Waals surface area contributed by atoms with Crippen LogP contribution in [0.3, 0.4) is 0 Å². The first kappa shape index (κ1) is 14.2. The molecule has 1 aromatic heterocycles. The number of hydrogen-bond acceptors (Lipinski definition) is 5. The van der Waals surface area contributed by atoms with Crippen LogP contribution < -0.4 is 10.6 Å². The van der Waals surface area contributed by atoms with Gasteiger partial charge in [-0.3, -0.25) is 0 Å². The van der Waals surface area contributed by atoms with Crippen LogP contribution in [0.25, 0.3) is 0 Å². The van der Waals surface area contributed by atoms with Gasteiger partial charge in [0.05, 0.1) is 6.20 Å². The Kier molecular flexibility index (Phi) is 5.10. The molecule has 1 fully saturated rings. The van der Waals surface area contributed by atoms with E-state index < -0.39 is 0 Å². The molecule has 5 nitrogen and oxygen atoms in total. The highest BCUT2D eigenvalue weighted by molar-refractivity contribution is 5.39. The van der Waals surface area contributed by atoms with Crippen LogP contribution in [0.1, 0.15) is 18.9 Å². The van der Waals surface area contributed by atoms with E-state index in [1.165, 1.54) is 12.0 Å². The summed E-state index contributed by atoms with van der Waals surface area (Å²) in [6, 6.07) is 2.12. The molecule has 0 aromatic carbocycles. The quantitative estimate of drug-likeness (QED) is 0.874. The van der Waals surface area contributed by atoms with Gasteiger partial charge in [0.1, 0.15) is 0 Å². The maximum absolute atomic E-state index is 5.71. The Morgan fingerprint density at radius 1 is 1.32 bits per heavy atom. The van der Waals surface area contributed by atoms with E-state index in [0.717, 1.165) is 45.1 Å².